The minimum Gasteiger partial charge on any atom is -0.495 e. The third kappa shape index (κ3) is 3.75. The van der Waals surface area contributed by atoms with Gasteiger partial charge in [0.05, 0.1) is 19.9 Å². The zero-order valence-corrected chi connectivity index (χ0v) is 12.5. The van der Waals surface area contributed by atoms with Crippen molar-refractivity contribution in [3.05, 3.63) is 12.1 Å². The zero-order valence-electron chi connectivity index (χ0n) is 11.7. The van der Waals surface area contributed by atoms with Crippen LogP contribution in [0, 0.1) is 5.92 Å². The van der Waals surface area contributed by atoms with Crippen LogP contribution in [0.25, 0.3) is 0 Å². The summed E-state index contributed by atoms with van der Waals surface area (Å²) in [4.78, 5) is -0.0663. The van der Waals surface area contributed by atoms with Gasteiger partial charge in [0.2, 0.25) is 10.0 Å². The van der Waals surface area contributed by atoms with Crippen LogP contribution in [0.5, 0.6) is 11.5 Å². The van der Waals surface area contributed by atoms with Crippen LogP contribution in [0.4, 0.5) is 5.69 Å². The second-order valence-corrected chi connectivity index (χ2v) is 6.12. The topological polar surface area (TPSA) is 111 Å². The molecule has 0 aromatic heterocycles. The molecule has 0 aliphatic heterocycles. The maximum atomic E-state index is 12.2. The summed E-state index contributed by atoms with van der Waals surface area (Å²) >= 11 is 0. The minimum absolute atomic E-state index is 0.0663. The highest BCUT2D eigenvalue weighted by Gasteiger charge is 2.22. The van der Waals surface area contributed by atoms with E-state index in [9.17, 15) is 8.42 Å². The average molecular weight is 304 g/mol. The van der Waals surface area contributed by atoms with E-state index in [2.05, 4.69) is 4.72 Å². The van der Waals surface area contributed by atoms with Crippen molar-refractivity contribution in [2.24, 2.45) is 5.92 Å². The van der Waals surface area contributed by atoms with Gasteiger partial charge in [-0.2, -0.15) is 0 Å². The molecule has 20 heavy (non-hydrogen) atoms. The average Bonchev–Trinajstić information content (AvgIpc) is 2.44. The number of hydrogen-bond donors (Lipinski definition) is 3. The molecule has 114 valence electrons. The molecule has 1 aromatic rings. The van der Waals surface area contributed by atoms with E-state index in [0.717, 1.165) is 0 Å². The van der Waals surface area contributed by atoms with E-state index >= 15 is 0 Å². The Balaban J connectivity index is 3.14. The van der Waals surface area contributed by atoms with Crippen LogP contribution in [-0.2, 0) is 10.0 Å². The van der Waals surface area contributed by atoms with Crippen LogP contribution < -0.4 is 19.9 Å². The first-order valence-electron chi connectivity index (χ1n) is 5.97. The summed E-state index contributed by atoms with van der Waals surface area (Å²) in [5.41, 5.74) is 5.92. The van der Waals surface area contributed by atoms with Crippen molar-refractivity contribution in [1.82, 2.24) is 4.72 Å². The highest BCUT2D eigenvalue weighted by molar-refractivity contribution is 7.89. The zero-order chi connectivity index (χ0) is 15.3. The predicted octanol–water partition coefficient (Wildman–Crippen LogP) is 0.193. The number of hydrogen-bond acceptors (Lipinski definition) is 6. The van der Waals surface area contributed by atoms with Crippen LogP contribution in [0.3, 0.4) is 0 Å². The van der Waals surface area contributed by atoms with Gasteiger partial charge in [0.1, 0.15) is 16.4 Å². The van der Waals surface area contributed by atoms with Gasteiger partial charge >= 0.3 is 0 Å². The molecule has 0 bridgehead atoms. The third-order valence-electron chi connectivity index (χ3n) is 2.74. The summed E-state index contributed by atoms with van der Waals surface area (Å²) in [6.45, 7) is 1.74. The molecule has 0 spiro atoms. The molecular formula is C12H20N2O5S. The van der Waals surface area contributed by atoms with E-state index in [1.54, 1.807) is 6.92 Å². The number of nitrogen functional groups attached to an aromatic ring is 1. The second-order valence-electron chi connectivity index (χ2n) is 4.38. The Labute approximate surface area is 118 Å². The molecule has 8 heteroatoms. The Morgan fingerprint density at radius 3 is 2.40 bits per heavy atom. The summed E-state index contributed by atoms with van der Waals surface area (Å²) in [6.07, 6.45) is 0. The van der Waals surface area contributed by atoms with Gasteiger partial charge in [0, 0.05) is 19.2 Å². The first-order chi connectivity index (χ1) is 9.35. The second kappa shape index (κ2) is 6.78. The SMILES string of the molecule is COc1cc(OC)c(S(=O)(=O)NCC(C)CO)cc1N. The molecule has 0 aliphatic rings. The van der Waals surface area contributed by atoms with E-state index in [1.165, 1.54) is 26.4 Å². The largest absolute Gasteiger partial charge is 0.495 e. The molecule has 0 saturated carbocycles. The molecule has 1 rings (SSSR count). The van der Waals surface area contributed by atoms with Crippen molar-refractivity contribution in [3.8, 4) is 11.5 Å². The van der Waals surface area contributed by atoms with Crippen LogP contribution >= 0.6 is 0 Å². The smallest absolute Gasteiger partial charge is 0.244 e. The number of methoxy groups -OCH3 is 2. The van der Waals surface area contributed by atoms with Gasteiger partial charge in [-0.15, -0.1) is 0 Å². The number of aliphatic hydroxyl groups is 1. The number of benzene rings is 1. The fourth-order valence-corrected chi connectivity index (χ4v) is 2.85. The highest BCUT2D eigenvalue weighted by Crippen LogP contribution is 2.33. The summed E-state index contributed by atoms with van der Waals surface area (Å²) < 4.78 is 36.9. The first kappa shape index (κ1) is 16.5. The van der Waals surface area contributed by atoms with Gasteiger partial charge in [-0.25, -0.2) is 13.1 Å². The van der Waals surface area contributed by atoms with Crippen LogP contribution in [0.2, 0.25) is 0 Å². The molecule has 0 amide bonds. The number of nitrogens with one attached hydrogen (secondary N) is 1. The Kier molecular flexibility index (Phi) is 5.61. The lowest BCUT2D eigenvalue weighted by Crippen LogP contribution is -2.30. The molecule has 7 nitrogen and oxygen atoms in total. The standard InChI is InChI=1S/C12H20N2O5S/c1-8(7-15)6-14-20(16,17)12-4-9(13)10(18-2)5-11(12)19-3/h4-5,8,14-15H,6-7,13H2,1-3H3. The van der Waals surface area contributed by atoms with Gasteiger partial charge in [-0.1, -0.05) is 6.92 Å². The lowest BCUT2D eigenvalue weighted by molar-refractivity contribution is 0.238. The number of nitrogens with two attached hydrogens (primary N) is 1. The van der Waals surface area contributed by atoms with Gasteiger partial charge in [0.15, 0.2) is 0 Å². The van der Waals surface area contributed by atoms with Crippen LogP contribution in [0.1, 0.15) is 6.92 Å². The maximum Gasteiger partial charge on any atom is 0.244 e. The molecule has 4 N–H and O–H groups in total. The van der Waals surface area contributed by atoms with Gasteiger partial charge in [-0.05, 0) is 12.0 Å². The van der Waals surface area contributed by atoms with Gasteiger partial charge in [-0.3, -0.25) is 0 Å². The van der Waals surface area contributed by atoms with Crippen molar-refractivity contribution >= 4 is 15.7 Å². The van der Waals surface area contributed by atoms with Crippen molar-refractivity contribution < 1.29 is 23.0 Å². The number of sulfonamides is 1. The van der Waals surface area contributed by atoms with E-state index in [0.29, 0.717) is 5.75 Å². The molecule has 1 unspecified atom stereocenters. The number of anilines is 1. The minimum atomic E-state index is -3.78. The van der Waals surface area contributed by atoms with E-state index < -0.39 is 10.0 Å². The number of aliphatic hydroxyl groups excluding tert-OH is 1. The molecule has 0 saturated heterocycles. The normalized spacial score (nSPS) is 13.0. The molecule has 0 fully saturated rings. The van der Waals surface area contributed by atoms with Crippen molar-refractivity contribution in [2.75, 3.05) is 33.1 Å². The monoisotopic (exact) mass is 304 g/mol. The van der Waals surface area contributed by atoms with Gasteiger partial charge < -0.3 is 20.3 Å². The summed E-state index contributed by atoms with van der Waals surface area (Å²) in [5, 5.41) is 8.92. The molecule has 0 aliphatic carbocycles. The van der Waals surface area contributed by atoms with Crippen LogP contribution in [-0.4, -0.2) is 40.9 Å². The van der Waals surface area contributed by atoms with E-state index in [4.69, 9.17) is 20.3 Å². The summed E-state index contributed by atoms with van der Waals surface area (Å²) in [5.74, 6) is 0.288. The van der Waals surface area contributed by atoms with Crippen molar-refractivity contribution in [1.29, 1.82) is 0 Å². The highest BCUT2D eigenvalue weighted by atomic mass is 32.2. The Hall–Kier alpha value is -1.51. The van der Waals surface area contributed by atoms with Crippen LogP contribution in [0.15, 0.2) is 17.0 Å². The fourth-order valence-electron chi connectivity index (χ4n) is 1.50. The number of ether oxygens (including phenoxy) is 2. The lowest BCUT2D eigenvalue weighted by atomic mass is 10.2. The molecule has 1 atom stereocenters. The summed E-state index contributed by atoms with van der Waals surface area (Å²) in [6, 6.07) is 2.70. The molecule has 0 heterocycles. The summed E-state index contributed by atoms with van der Waals surface area (Å²) in [7, 11) is -0.985. The Morgan fingerprint density at radius 1 is 1.30 bits per heavy atom. The van der Waals surface area contributed by atoms with Crippen molar-refractivity contribution in [2.45, 2.75) is 11.8 Å². The predicted molar refractivity (Wildman–Crippen MR) is 75.4 cm³/mol. The van der Waals surface area contributed by atoms with Gasteiger partial charge in [0.25, 0.3) is 0 Å². The molecule has 1 aromatic carbocycles. The Morgan fingerprint density at radius 2 is 1.90 bits per heavy atom. The third-order valence-corrected chi connectivity index (χ3v) is 4.18. The van der Waals surface area contributed by atoms with E-state index in [-0.39, 0.29) is 35.4 Å². The fraction of sp³-hybridized carbons (Fsp3) is 0.500. The Bertz CT molecular complexity index is 559. The van der Waals surface area contributed by atoms with E-state index in [1.807, 2.05) is 0 Å². The molecular weight excluding hydrogens is 284 g/mol. The van der Waals surface area contributed by atoms with Crippen molar-refractivity contribution in [3.63, 3.8) is 0 Å². The quantitative estimate of drug-likeness (QED) is 0.620. The first-order valence-corrected chi connectivity index (χ1v) is 7.46. The maximum absolute atomic E-state index is 12.2. The lowest BCUT2D eigenvalue weighted by Gasteiger charge is -2.15. The molecule has 0 radical (unpaired) electrons. The number of rotatable bonds is 7.